The third-order valence-electron chi connectivity index (χ3n) is 4.49. The largest absolute Gasteiger partial charge is 0.495 e. The van der Waals surface area contributed by atoms with Crippen LogP contribution in [0.5, 0.6) is 5.75 Å². The number of halogens is 1. The molecule has 1 heterocycles. The number of ether oxygens (including phenoxy) is 1. The molecule has 1 aromatic heterocycles. The first kappa shape index (κ1) is 20.4. The van der Waals surface area contributed by atoms with Crippen LogP contribution in [0.25, 0.3) is 11.4 Å². The van der Waals surface area contributed by atoms with Crippen LogP contribution >= 0.6 is 11.6 Å². The highest BCUT2D eigenvalue weighted by molar-refractivity contribution is 6.32. The van der Waals surface area contributed by atoms with E-state index in [4.69, 9.17) is 16.3 Å². The standard InChI is InChI=1S/C24H19ClN4O2/c1-31-21-11-10-19(15-20(21)25)28-24(30)17-8-5-9-18(14-17)27-22-12-13-26-23(29-22)16-6-3-2-4-7-16/h2-15H,1H3,(H,28,30)(H,26,27,29). The van der Waals surface area contributed by atoms with E-state index in [1.807, 2.05) is 36.4 Å². The van der Waals surface area contributed by atoms with E-state index in [0.717, 1.165) is 11.3 Å². The van der Waals surface area contributed by atoms with Gasteiger partial charge in [-0.15, -0.1) is 0 Å². The highest BCUT2D eigenvalue weighted by Crippen LogP contribution is 2.27. The van der Waals surface area contributed by atoms with E-state index < -0.39 is 0 Å². The summed E-state index contributed by atoms with van der Waals surface area (Å²) in [6.07, 6.45) is 1.70. The minimum absolute atomic E-state index is 0.252. The van der Waals surface area contributed by atoms with Gasteiger partial charge in [0.25, 0.3) is 5.91 Å². The summed E-state index contributed by atoms with van der Waals surface area (Å²) in [6, 6.07) is 23.8. The zero-order valence-electron chi connectivity index (χ0n) is 16.7. The van der Waals surface area contributed by atoms with Gasteiger partial charge >= 0.3 is 0 Å². The summed E-state index contributed by atoms with van der Waals surface area (Å²) in [7, 11) is 1.54. The Morgan fingerprint density at radius 3 is 2.55 bits per heavy atom. The van der Waals surface area contributed by atoms with E-state index in [1.54, 1.807) is 55.8 Å². The molecule has 3 aromatic carbocycles. The predicted octanol–water partition coefficient (Wildman–Crippen LogP) is 5.80. The minimum atomic E-state index is -0.252. The number of rotatable bonds is 6. The van der Waals surface area contributed by atoms with Crippen LogP contribution in [0.3, 0.4) is 0 Å². The highest BCUT2D eigenvalue weighted by atomic mass is 35.5. The van der Waals surface area contributed by atoms with Crippen molar-refractivity contribution in [2.45, 2.75) is 0 Å². The quantitative estimate of drug-likeness (QED) is 0.404. The number of benzene rings is 3. The van der Waals surface area contributed by atoms with E-state index in [9.17, 15) is 4.79 Å². The molecule has 2 N–H and O–H groups in total. The maximum absolute atomic E-state index is 12.7. The van der Waals surface area contributed by atoms with Gasteiger partial charge in [0.2, 0.25) is 0 Å². The fraction of sp³-hybridized carbons (Fsp3) is 0.0417. The number of hydrogen-bond acceptors (Lipinski definition) is 5. The van der Waals surface area contributed by atoms with Crippen molar-refractivity contribution in [1.29, 1.82) is 0 Å². The SMILES string of the molecule is COc1ccc(NC(=O)c2cccc(Nc3ccnc(-c4ccccc4)n3)c2)cc1Cl. The maximum Gasteiger partial charge on any atom is 0.255 e. The maximum atomic E-state index is 12.7. The van der Waals surface area contributed by atoms with Crippen molar-refractivity contribution in [2.75, 3.05) is 17.7 Å². The minimum Gasteiger partial charge on any atom is -0.495 e. The number of anilines is 3. The number of methoxy groups -OCH3 is 1. The van der Waals surface area contributed by atoms with Crippen molar-refractivity contribution in [1.82, 2.24) is 9.97 Å². The van der Waals surface area contributed by atoms with Crippen LogP contribution in [0.15, 0.2) is 85.1 Å². The smallest absolute Gasteiger partial charge is 0.255 e. The molecule has 0 fully saturated rings. The van der Waals surface area contributed by atoms with Gasteiger partial charge in [0.15, 0.2) is 5.82 Å². The van der Waals surface area contributed by atoms with Gasteiger partial charge in [-0.25, -0.2) is 9.97 Å². The molecule has 1 amide bonds. The van der Waals surface area contributed by atoms with Gasteiger partial charge in [-0.05, 0) is 42.5 Å². The van der Waals surface area contributed by atoms with Gasteiger partial charge in [0, 0.05) is 28.7 Å². The second-order valence-corrected chi connectivity index (χ2v) is 7.05. The lowest BCUT2D eigenvalue weighted by Gasteiger charge is -2.10. The van der Waals surface area contributed by atoms with Crippen LogP contribution < -0.4 is 15.4 Å². The summed E-state index contributed by atoms with van der Waals surface area (Å²) in [5.41, 5.74) is 2.74. The van der Waals surface area contributed by atoms with Crippen LogP contribution in [0, 0.1) is 0 Å². The van der Waals surface area contributed by atoms with Crippen molar-refractivity contribution < 1.29 is 9.53 Å². The topological polar surface area (TPSA) is 76.1 Å². The number of carbonyl (C=O) groups excluding carboxylic acids is 1. The monoisotopic (exact) mass is 430 g/mol. The molecule has 0 aliphatic heterocycles. The molecule has 154 valence electrons. The van der Waals surface area contributed by atoms with Crippen LogP contribution in [0.2, 0.25) is 5.02 Å². The molecule has 0 radical (unpaired) electrons. The summed E-state index contributed by atoms with van der Waals surface area (Å²) >= 11 is 6.13. The average Bonchev–Trinajstić information content (AvgIpc) is 2.80. The second kappa shape index (κ2) is 9.28. The number of amides is 1. The Labute approximate surface area is 184 Å². The van der Waals surface area contributed by atoms with E-state index in [2.05, 4.69) is 20.6 Å². The molecule has 7 heteroatoms. The highest BCUT2D eigenvalue weighted by Gasteiger charge is 2.10. The molecule has 0 saturated carbocycles. The molecule has 6 nitrogen and oxygen atoms in total. The van der Waals surface area contributed by atoms with Crippen molar-refractivity contribution in [2.24, 2.45) is 0 Å². The molecule has 0 bridgehead atoms. The van der Waals surface area contributed by atoms with E-state index in [1.165, 1.54) is 0 Å². The average molecular weight is 431 g/mol. The van der Waals surface area contributed by atoms with Crippen molar-refractivity contribution >= 4 is 34.7 Å². The Morgan fingerprint density at radius 1 is 0.935 bits per heavy atom. The lowest BCUT2D eigenvalue weighted by Crippen LogP contribution is -2.12. The molecule has 0 spiro atoms. The van der Waals surface area contributed by atoms with Crippen LogP contribution in [-0.2, 0) is 0 Å². The summed E-state index contributed by atoms with van der Waals surface area (Å²) in [6.45, 7) is 0. The third kappa shape index (κ3) is 4.99. The molecule has 0 unspecified atom stereocenters. The Morgan fingerprint density at radius 2 is 1.77 bits per heavy atom. The summed E-state index contributed by atoms with van der Waals surface area (Å²) in [5, 5.41) is 6.49. The van der Waals surface area contributed by atoms with Gasteiger partial charge in [-0.2, -0.15) is 0 Å². The summed E-state index contributed by atoms with van der Waals surface area (Å²) in [5.74, 6) is 1.55. The van der Waals surface area contributed by atoms with E-state index in [0.29, 0.717) is 33.7 Å². The number of hydrogen-bond donors (Lipinski definition) is 2. The Balaban J connectivity index is 1.50. The Hall–Kier alpha value is -3.90. The van der Waals surface area contributed by atoms with Crippen LogP contribution in [-0.4, -0.2) is 23.0 Å². The van der Waals surface area contributed by atoms with Gasteiger partial charge in [0.05, 0.1) is 12.1 Å². The molecule has 0 atom stereocenters. The zero-order chi connectivity index (χ0) is 21.6. The van der Waals surface area contributed by atoms with Gasteiger partial charge in [-0.3, -0.25) is 4.79 Å². The third-order valence-corrected chi connectivity index (χ3v) is 4.79. The first-order valence-corrected chi connectivity index (χ1v) is 9.90. The molecule has 31 heavy (non-hydrogen) atoms. The van der Waals surface area contributed by atoms with Gasteiger partial charge in [-0.1, -0.05) is 48.0 Å². The Kier molecular flexibility index (Phi) is 6.10. The van der Waals surface area contributed by atoms with Gasteiger partial charge in [0.1, 0.15) is 11.6 Å². The lowest BCUT2D eigenvalue weighted by atomic mass is 10.1. The molecule has 4 rings (SSSR count). The van der Waals surface area contributed by atoms with E-state index in [-0.39, 0.29) is 5.91 Å². The number of carbonyl (C=O) groups is 1. The molecule has 0 aliphatic rings. The molecular formula is C24H19ClN4O2. The summed E-state index contributed by atoms with van der Waals surface area (Å²) < 4.78 is 5.14. The number of nitrogens with one attached hydrogen (secondary N) is 2. The first-order chi connectivity index (χ1) is 15.1. The zero-order valence-corrected chi connectivity index (χ0v) is 17.4. The second-order valence-electron chi connectivity index (χ2n) is 6.64. The lowest BCUT2D eigenvalue weighted by molar-refractivity contribution is 0.102. The van der Waals surface area contributed by atoms with Gasteiger partial charge < -0.3 is 15.4 Å². The molecule has 0 saturated heterocycles. The molecule has 0 aliphatic carbocycles. The number of nitrogens with zero attached hydrogens (tertiary/aromatic N) is 2. The first-order valence-electron chi connectivity index (χ1n) is 9.53. The number of aromatic nitrogens is 2. The summed E-state index contributed by atoms with van der Waals surface area (Å²) in [4.78, 5) is 21.6. The molecular weight excluding hydrogens is 412 g/mol. The molecule has 4 aromatic rings. The Bertz CT molecular complexity index is 1220. The fourth-order valence-corrected chi connectivity index (χ4v) is 3.25. The fourth-order valence-electron chi connectivity index (χ4n) is 2.99. The van der Waals surface area contributed by atoms with Crippen LogP contribution in [0.1, 0.15) is 10.4 Å². The normalized spacial score (nSPS) is 10.4. The van der Waals surface area contributed by atoms with Crippen molar-refractivity contribution in [3.05, 3.63) is 95.6 Å². The van der Waals surface area contributed by atoms with Crippen LogP contribution in [0.4, 0.5) is 17.2 Å². The van der Waals surface area contributed by atoms with E-state index >= 15 is 0 Å². The van der Waals surface area contributed by atoms with Crippen molar-refractivity contribution in [3.63, 3.8) is 0 Å². The predicted molar refractivity (Wildman–Crippen MR) is 123 cm³/mol. The van der Waals surface area contributed by atoms with Crippen molar-refractivity contribution in [3.8, 4) is 17.1 Å².